The van der Waals surface area contributed by atoms with Gasteiger partial charge < -0.3 is 5.73 Å². The van der Waals surface area contributed by atoms with Crippen LogP contribution < -0.4 is 5.73 Å². The molecule has 0 aliphatic carbocycles. The molecule has 2 N–H and O–H groups in total. The van der Waals surface area contributed by atoms with Crippen molar-refractivity contribution >= 4 is 10.0 Å². The van der Waals surface area contributed by atoms with Gasteiger partial charge in [-0.25, -0.2) is 8.42 Å². The van der Waals surface area contributed by atoms with E-state index in [0.717, 1.165) is 0 Å². The van der Waals surface area contributed by atoms with E-state index >= 15 is 0 Å². The average molecular weight is 288 g/mol. The van der Waals surface area contributed by atoms with E-state index in [-0.39, 0.29) is 25.1 Å². The van der Waals surface area contributed by atoms with Crippen molar-refractivity contribution in [3.8, 4) is 0 Å². The third-order valence-electron chi connectivity index (χ3n) is 3.25. The van der Waals surface area contributed by atoms with Crippen molar-refractivity contribution < 1.29 is 21.6 Å². The molecule has 1 rings (SSSR count). The van der Waals surface area contributed by atoms with E-state index in [0.29, 0.717) is 17.1 Å². The Balaban J connectivity index is 3.10. The van der Waals surface area contributed by atoms with E-state index in [1.807, 2.05) is 0 Å². The molecule has 1 saturated heterocycles. The summed E-state index contributed by atoms with van der Waals surface area (Å²) in [6.45, 7) is 1.54. The number of sulfonamides is 1. The minimum absolute atomic E-state index is 0.163. The average Bonchev–Trinajstić information content (AvgIpc) is 2.28. The Hall–Kier alpha value is -0.340. The fourth-order valence-corrected chi connectivity index (χ4v) is 3.97. The van der Waals surface area contributed by atoms with Crippen molar-refractivity contribution in [1.29, 1.82) is 0 Å². The summed E-state index contributed by atoms with van der Waals surface area (Å²) >= 11 is 0. The van der Waals surface area contributed by atoms with E-state index in [9.17, 15) is 21.6 Å². The maximum absolute atomic E-state index is 12.9. The van der Waals surface area contributed by atoms with Crippen molar-refractivity contribution in [2.45, 2.75) is 50.9 Å². The largest absolute Gasteiger partial charge is 0.405 e. The Labute approximate surface area is 105 Å². The van der Waals surface area contributed by atoms with Crippen LogP contribution in [0.25, 0.3) is 0 Å². The molecule has 4 nitrogen and oxygen atoms in total. The lowest BCUT2D eigenvalue weighted by Crippen LogP contribution is -2.56. The summed E-state index contributed by atoms with van der Waals surface area (Å²) in [5.74, 6) is -0.319. The normalized spacial score (nSPS) is 27.4. The maximum atomic E-state index is 12.9. The van der Waals surface area contributed by atoms with Crippen LogP contribution in [0.15, 0.2) is 0 Å². The van der Waals surface area contributed by atoms with Crippen LogP contribution in [0.3, 0.4) is 0 Å². The van der Waals surface area contributed by atoms with Gasteiger partial charge in [-0.3, -0.25) is 0 Å². The standard InChI is InChI=1S/C10H19F3N2O2S/c1-2-18(16,17)15-8(6-7-14)4-3-5-9(15)10(11,12)13/h8-9H,2-7,14H2,1H3. The molecule has 0 bridgehead atoms. The Kier molecular flexibility index (Phi) is 5.02. The number of hydrogen-bond acceptors (Lipinski definition) is 3. The summed E-state index contributed by atoms with van der Waals surface area (Å²) in [6, 6.07) is -2.52. The molecule has 2 atom stereocenters. The molecule has 0 aromatic rings. The van der Waals surface area contributed by atoms with Gasteiger partial charge in [-0.2, -0.15) is 17.5 Å². The van der Waals surface area contributed by atoms with Gasteiger partial charge in [0.1, 0.15) is 6.04 Å². The van der Waals surface area contributed by atoms with Gasteiger partial charge in [-0.15, -0.1) is 0 Å². The third kappa shape index (κ3) is 3.36. The zero-order valence-corrected chi connectivity index (χ0v) is 11.1. The van der Waals surface area contributed by atoms with Crippen molar-refractivity contribution in [2.24, 2.45) is 5.73 Å². The lowest BCUT2D eigenvalue weighted by atomic mass is 9.96. The summed E-state index contributed by atoms with van der Waals surface area (Å²) in [5.41, 5.74) is 5.36. The molecule has 108 valence electrons. The smallest absolute Gasteiger partial charge is 0.330 e. The van der Waals surface area contributed by atoms with E-state index in [1.54, 1.807) is 0 Å². The molecule has 0 spiro atoms. The summed E-state index contributed by atoms with van der Waals surface area (Å²) in [4.78, 5) is 0. The Bertz CT molecular complexity index is 368. The predicted octanol–water partition coefficient (Wildman–Crippen LogP) is 1.47. The van der Waals surface area contributed by atoms with Gasteiger partial charge in [0.2, 0.25) is 10.0 Å². The monoisotopic (exact) mass is 288 g/mol. The fourth-order valence-electron chi connectivity index (χ4n) is 2.40. The second-order valence-corrected chi connectivity index (χ2v) is 6.61. The van der Waals surface area contributed by atoms with Crippen molar-refractivity contribution in [1.82, 2.24) is 4.31 Å². The first-order chi connectivity index (χ1) is 8.24. The zero-order valence-electron chi connectivity index (χ0n) is 10.3. The molecular weight excluding hydrogens is 269 g/mol. The molecule has 0 amide bonds. The molecule has 8 heteroatoms. The van der Waals surface area contributed by atoms with Crippen LogP contribution in [-0.4, -0.2) is 43.3 Å². The van der Waals surface area contributed by atoms with E-state index in [4.69, 9.17) is 5.73 Å². The highest BCUT2D eigenvalue weighted by Crippen LogP contribution is 2.37. The second-order valence-electron chi connectivity index (χ2n) is 4.45. The van der Waals surface area contributed by atoms with Gasteiger partial charge in [0.05, 0.1) is 5.75 Å². The fraction of sp³-hybridized carbons (Fsp3) is 1.00. The number of piperidine rings is 1. The van der Waals surface area contributed by atoms with Crippen LogP contribution in [0.4, 0.5) is 13.2 Å². The molecule has 18 heavy (non-hydrogen) atoms. The van der Waals surface area contributed by atoms with E-state index in [2.05, 4.69) is 0 Å². The van der Waals surface area contributed by atoms with Crippen molar-refractivity contribution in [2.75, 3.05) is 12.3 Å². The van der Waals surface area contributed by atoms with Gasteiger partial charge >= 0.3 is 6.18 Å². The van der Waals surface area contributed by atoms with Crippen molar-refractivity contribution in [3.05, 3.63) is 0 Å². The molecule has 1 aliphatic heterocycles. The van der Waals surface area contributed by atoms with Gasteiger partial charge in [-0.05, 0) is 39.2 Å². The summed E-state index contributed by atoms with van der Waals surface area (Å²) in [6.07, 6.45) is -3.58. The molecule has 1 heterocycles. The predicted molar refractivity (Wildman–Crippen MR) is 62.5 cm³/mol. The highest BCUT2D eigenvalue weighted by molar-refractivity contribution is 7.89. The van der Waals surface area contributed by atoms with Crippen LogP contribution in [0.2, 0.25) is 0 Å². The Morgan fingerprint density at radius 2 is 1.94 bits per heavy atom. The van der Waals surface area contributed by atoms with Crippen LogP contribution in [0.5, 0.6) is 0 Å². The Morgan fingerprint density at radius 1 is 1.33 bits per heavy atom. The van der Waals surface area contributed by atoms with Gasteiger partial charge in [0, 0.05) is 6.04 Å². The van der Waals surface area contributed by atoms with Crippen LogP contribution in [0, 0.1) is 0 Å². The van der Waals surface area contributed by atoms with Gasteiger partial charge in [0.25, 0.3) is 0 Å². The minimum Gasteiger partial charge on any atom is -0.330 e. The summed E-state index contributed by atoms with van der Waals surface area (Å²) in [7, 11) is -3.87. The van der Waals surface area contributed by atoms with Crippen LogP contribution in [-0.2, 0) is 10.0 Å². The number of rotatable bonds is 4. The molecule has 0 saturated carbocycles. The number of alkyl halides is 3. The van der Waals surface area contributed by atoms with Crippen molar-refractivity contribution in [3.63, 3.8) is 0 Å². The summed E-state index contributed by atoms with van der Waals surface area (Å²) in [5, 5.41) is 0. The topological polar surface area (TPSA) is 63.4 Å². The van der Waals surface area contributed by atoms with E-state index in [1.165, 1.54) is 6.92 Å². The SMILES string of the molecule is CCS(=O)(=O)N1C(CCN)CCCC1C(F)(F)F. The zero-order chi connectivity index (χ0) is 14.0. The molecule has 0 aromatic carbocycles. The number of nitrogens with zero attached hydrogens (tertiary/aromatic N) is 1. The molecule has 0 aromatic heterocycles. The lowest BCUT2D eigenvalue weighted by Gasteiger charge is -2.41. The second kappa shape index (κ2) is 5.75. The van der Waals surface area contributed by atoms with Crippen LogP contribution in [0.1, 0.15) is 32.6 Å². The number of nitrogens with two attached hydrogens (primary N) is 1. The third-order valence-corrected chi connectivity index (χ3v) is 5.17. The number of halogens is 3. The first kappa shape index (κ1) is 15.7. The van der Waals surface area contributed by atoms with Gasteiger partial charge in [-0.1, -0.05) is 0 Å². The van der Waals surface area contributed by atoms with E-state index < -0.39 is 28.3 Å². The first-order valence-electron chi connectivity index (χ1n) is 6.02. The molecule has 0 radical (unpaired) electrons. The quantitative estimate of drug-likeness (QED) is 0.852. The number of hydrogen-bond donors (Lipinski definition) is 1. The molecular formula is C10H19F3N2O2S. The molecule has 1 fully saturated rings. The first-order valence-corrected chi connectivity index (χ1v) is 7.63. The van der Waals surface area contributed by atoms with Gasteiger partial charge in [0.15, 0.2) is 0 Å². The highest BCUT2D eigenvalue weighted by atomic mass is 32.2. The maximum Gasteiger partial charge on any atom is 0.405 e. The minimum atomic E-state index is -4.52. The molecule has 2 unspecified atom stereocenters. The van der Waals surface area contributed by atoms with Crippen LogP contribution >= 0.6 is 0 Å². The Morgan fingerprint density at radius 3 is 2.39 bits per heavy atom. The summed E-state index contributed by atoms with van der Waals surface area (Å²) < 4.78 is 63.2. The molecule has 1 aliphatic rings. The lowest BCUT2D eigenvalue weighted by molar-refractivity contribution is -0.183. The highest BCUT2D eigenvalue weighted by Gasteiger charge is 2.51.